The predicted octanol–water partition coefficient (Wildman–Crippen LogP) is 5.25. The van der Waals surface area contributed by atoms with E-state index in [-0.39, 0.29) is 17.2 Å². The highest BCUT2D eigenvalue weighted by atomic mass is 35.5. The lowest BCUT2D eigenvalue weighted by molar-refractivity contribution is -0.115. The molecule has 0 bridgehead atoms. The molecule has 1 N–H and O–H groups in total. The van der Waals surface area contributed by atoms with Crippen LogP contribution in [0.15, 0.2) is 71.6 Å². The molecule has 0 atom stereocenters. The van der Waals surface area contributed by atoms with E-state index in [1.54, 1.807) is 42.5 Å². The topological polar surface area (TPSA) is 63.2 Å². The number of sulfone groups is 1. The van der Waals surface area contributed by atoms with Crippen LogP contribution >= 0.6 is 23.2 Å². The van der Waals surface area contributed by atoms with Gasteiger partial charge in [-0.3, -0.25) is 4.79 Å². The van der Waals surface area contributed by atoms with E-state index in [0.717, 1.165) is 22.9 Å². The van der Waals surface area contributed by atoms with Crippen molar-refractivity contribution in [3.63, 3.8) is 0 Å². The minimum absolute atomic E-state index is 0.145. The lowest BCUT2D eigenvalue weighted by Gasteiger charge is -2.09. The van der Waals surface area contributed by atoms with Gasteiger partial charge in [-0.25, -0.2) is 8.42 Å². The summed E-state index contributed by atoms with van der Waals surface area (Å²) in [4.78, 5) is 12.5. The van der Waals surface area contributed by atoms with Crippen LogP contribution in [0, 0.1) is 0 Å². The SMILES string of the molecule is CS(=O)(=O)c1ccc(CC(=O)Nc2ccc(-c3cc(Cl)ccc3Cl)cc2)cc1. The van der Waals surface area contributed by atoms with Crippen molar-refractivity contribution < 1.29 is 13.2 Å². The maximum Gasteiger partial charge on any atom is 0.228 e. The second kappa shape index (κ2) is 8.35. The zero-order chi connectivity index (χ0) is 20.3. The first-order chi connectivity index (χ1) is 13.2. The number of carbonyl (C=O) groups excluding carboxylic acids is 1. The van der Waals surface area contributed by atoms with E-state index in [9.17, 15) is 13.2 Å². The van der Waals surface area contributed by atoms with Crippen LogP contribution in [0.4, 0.5) is 5.69 Å². The zero-order valence-corrected chi connectivity index (χ0v) is 17.3. The van der Waals surface area contributed by atoms with E-state index >= 15 is 0 Å². The molecule has 144 valence electrons. The fourth-order valence-electron chi connectivity index (χ4n) is 2.70. The quantitative estimate of drug-likeness (QED) is 0.597. The molecular formula is C21H17Cl2NO3S. The molecule has 3 aromatic rings. The van der Waals surface area contributed by atoms with Crippen LogP contribution in [0.25, 0.3) is 11.1 Å². The van der Waals surface area contributed by atoms with Gasteiger partial charge in [-0.2, -0.15) is 0 Å². The summed E-state index contributed by atoms with van der Waals surface area (Å²) in [6.45, 7) is 0. The third-order valence-corrected chi connectivity index (χ3v) is 5.82. The summed E-state index contributed by atoms with van der Waals surface area (Å²) in [5.41, 5.74) is 3.09. The average Bonchev–Trinajstić information content (AvgIpc) is 2.64. The summed E-state index contributed by atoms with van der Waals surface area (Å²) in [7, 11) is -3.25. The van der Waals surface area contributed by atoms with E-state index in [1.807, 2.05) is 12.1 Å². The van der Waals surface area contributed by atoms with Crippen molar-refractivity contribution in [3.05, 3.63) is 82.3 Å². The molecule has 4 nitrogen and oxygen atoms in total. The summed E-state index contributed by atoms with van der Waals surface area (Å²) >= 11 is 12.2. The number of anilines is 1. The Balaban J connectivity index is 1.67. The molecule has 0 aromatic heterocycles. The Kier molecular flexibility index (Phi) is 6.08. The first-order valence-electron chi connectivity index (χ1n) is 8.37. The molecule has 0 saturated heterocycles. The number of halogens is 2. The van der Waals surface area contributed by atoms with Crippen molar-refractivity contribution in [2.75, 3.05) is 11.6 Å². The Hall–Kier alpha value is -2.34. The fourth-order valence-corrected chi connectivity index (χ4v) is 3.73. The van der Waals surface area contributed by atoms with Gasteiger partial charge in [-0.05, 0) is 53.6 Å². The van der Waals surface area contributed by atoms with Crippen molar-refractivity contribution >= 4 is 44.6 Å². The Labute approximate surface area is 174 Å². The maximum atomic E-state index is 12.2. The van der Waals surface area contributed by atoms with E-state index in [4.69, 9.17) is 23.2 Å². The average molecular weight is 434 g/mol. The van der Waals surface area contributed by atoms with Crippen LogP contribution in [-0.4, -0.2) is 20.6 Å². The highest BCUT2D eigenvalue weighted by molar-refractivity contribution is 7.90. The maximum absolute atomic E-state index is 12.2. The van der Waals surface area contributed by atoms with E-state index in [2.05, 4.69) is 5.32 Å². The standard InChI is InChI=1S/C21H17Cl2NO3S/c1-28(26,27)18-9-2-14(3-10-18)12-21(25)24-17-7-4-15(5-8-17)19-13-16(22)6-11-20(19)23/h2-11,13H,12H2,1H3,(H,24,25). The molecule has 28 heavy (non-hydrogen) atoms. The van der Waals surface area contributed by atoms with Gasteiger partial charge in [-0.1, -0.05) is 47.5 Å². The number of hydrogen-bond donors (Lipinski definition) is 1. The molecular weight excluding hydrogens is 417 g/mol. The second-order valence-corrected chi connectivity index (χ2v) is 9.20. The molecule has 1 amide bonds. The first-order valence-corrected chi connectivity index (χ1v) is 11.0. The van der Waals surface area contributed by atoms with Crippen LogP contribution in [0.1, 0.15) is 5.56 Å². The molecule has 0 radical (unpaired) electrons. The molecule has 3 rings (SSSR count). The Bertz CT molecular complexity index is 1110. The highest BCUT2D eigenvalue weighted by Crippen LogP contribution is 2.31. The second-order valence-electron chi connectivity index (χ2n) is 6.34. The summed E-state index contributed by atoms with van der Waals surface area (Å²) in [6, 6.07) is 18.8. The summed E-state index contributed by atoms with van der Waals surface area (Å²) in [5, 5.41) is 4.02. The molecule has 0 spiro atoms. The molecule has 0 aliphatic carbocycles. The van der Waals surface area contributed by atoms with Gasteiger partial charge in [0.05, 0.1) is 11.3 Å². The number of nitrogens with one attached hydrogen (secondary N) is 1. The molecule has 0 unspecified atom stereocenters. The third kappa shape index (κ3) is 5.13. The normalized spacial score (nSPS) is 11.2. The van der Waals surface area contributed by atoms with E-state index in [0.29, 0.717) is 15.7 Å². The molecule has 3 aromatic carbocycles. The predicted molar refractivity (Wildman–Crippen MR) is 114 cm³/mol. The van der Waals surface area contributed by atoms with E-state index in [1.165, 1.54) is 12.1 Å². The van der Waals surface area contributed by atoms with Crippen LogP contribution in [-0.2, 0) is 21.1 Å². The van der Waals surface area contributed by atoms with Crippen molar-refractivity contribution in [1.82, 2.24) is 0 Å². The van der Waals surface area contributed by atoms with Gasteiger partial charge >= 0.3 is 0 Å². The Morgan fingerprint density at radius 2 is 1.57 bits per heavy atom. The van der Waals surface area contributed by atoms with E-state index < -0.39 is 9.84 Å². The largest absolute Gasteiger partial charge is 0.326 e. The van der Waals surface area contributed by atoms with Crippen LogP contribution < -0.4 is 5.32 Å². The molecule has 0 aliphatic heterocycles. The lowest BCUT2D eigenvalue weighted by atomic mass is 10.1. The monoisotopic (exact) mass is 433 g/mol. The first kappa shape index (κ1) is 20.4. The van der Waals surface area contributed by atoms with Gasteiger partial charge in [0.25, 0.3) is 0 Å². The van der Waals surface area contributed by atoms with Crippen LogP contribution in [0.2, 0.25) is 10.0 Å². The summed E-state index contributed by atoms with van der Waals surface area (Å²) in [6.07, 6.45) is 1.29. The van der Waals surface area contributed by atoms with Crippen molar-refractivity contribution in [3.8, 4) is 11.1 Å². The zero-order valence-electron chi connectivity index (χ0n) is 14.9. The smallest absolute Gasteiger partial charge is 0.228 e. The highest BCUT2D eigenvalue weighted by Gasteiger charge is 2.09. The number of carbonyl (C=O) groups is 1. The van der Waals surface area contributed by atoms with Crippen LogP contribution in [0.3, 0.4) is 0 Å². The molecule has 0 fully saturated rings. The molecule has 7 heteroatoms. The van der Waals surface area contributed by atoms with Gasteiger partial charge in [-0.15, -0.1) is 0 Å². The van der Waals surface area contributed by atoms with Gasteiger partial charge < -0.3 is 5.32 Å². The minimum atomic E-state index is -3.25. The van der Waals surface area contributed by atoms with Crippen molar-refractivity contribution in [2.45, 2.75) is 11.3 Å². The summed E-state index contributed by atoms with van der Waals surface area (Å²) < 4.78 is 23.0. The third-order valence-electron chi connectivity index (χ3n) is 4.12. The van der Waals surface area contributed by atoms with Crippen molar-refractivity contribution in [1.29, 1.82) is 0 Å². The Morgan fingerprint density at radius 3 is 2.18 bits per heavy atom. The Morgan fingerprint density at radius 1 is 0.929 bits per heavy atom. The fraction of sp³-hybridized carbons (Fsp3) is 0.0952. The minimum Gasteiger partial charge on any atom is -0.326 e. The number of amides is 1. The number of benzene rings is 3. The molecule has 0 heterocycles. The van der Waals surface area contributed by atoms with Gasteiger partial charge in [0.2, 0.25) is 5.91 Å². The number of hydrogen-bond acceptors (Lipinski definition) is 3. The van der Waals surface area contributed by atoms with Crippen LogP contribution in [0.5, 0.6) is 0 Å². The van der Waals surface area contributed by atoms with Gasteiger partial charge in [0.15, 0.2) is 9.84 Å². The van der Waals surface area contributed by atoms with Crippen molar-refractivity contribution in [2.24, 2.45) is 0 Å². The summed E-state index contributed by atoms with van der Waals surface area (Å²) in [5.74, 6) is -0.194. The lowest BCUT2D eigenvalue weighted by Crippen LogP contribution is -2.14. The molecule has 0 aliphatic rings. The number of rotatable bonds is 5. The molecule has 0 saturated carbocycles. The van der Waals surface area contributed by atoms with Gasteiger partial charge in [0.1, 0.15) is 0 Å². The van der Waals surface area contributed by atoms with Gasteiger partial charge in [0, 0.05) is 27.6 Å².